The van der Waals surface area contributed by atoms with Crippen LogP contribution in [-0.2, 0) is 19.6 Å². The van der Waals surface area contributed by atoms with E-state index in [1.54, 1.807) is 51.3 Å². The number of ether oxygens (including phenoxy) is 2. The molecule has 10 heteroatoms. The second-order valence-corrected chi connectivity index (χ2v) is 10.1. The molecule has 180 valence electrons. The molecule has 3 rings (SSSR count). The highest BCUT2D eigenvalue weighted by Gasteiger charge is 2.23. The fourth-order valence-electron chi connectivity index (χ4n) is 3.20. The third kappa shape index (κ3) is 5.18. The van der Waals surface area contributed by atoms with E-state index in [4.69, 9.17) is 9.47 Å². The molecule has 0 saturated heterocycles. The van der Waals surface area contributed by atoms with E-state index in [-0.39, 0.29) is 10.5 Å². The molecular formula is C24H27N3O6S. The van der Waals surface area contributed by atoms with Gasteiger partial charge in [0.1, 0.15) is 5.75 Å². The lowest BCUT2D eigenvalue weighted by atomic mass is 10.1. The zero-order valence-electron chi connectivity index (χ0n) is 19.9. The maximum absolute atomic E-state index is 12.8. The van der Waals surface area contributed by atoms with Crippen molar-refractivity contribution in [3.63, 3.8) is 0 Å². The van der Waals surface area contributed by atoms with Crippen molar-refractivity contribution in [2.24, 2.45) is 0 Å². The van der Waals surface area contributed by atoms with E-state index in [1.165, 1.54) is 33.2 Å². The molecule has 1 amide bonds. The molecule has 3 aromatic rings. The van der Waals surface area contributed by atoms with Crippen LogP contribution < -0.4 is 10.1 Å². The van der Waals surface area contributed by atoms with E-state index < -0.39 is 28.0 Å². The van der Waals surface area contributed by atoms with Gasteiger partial charge in [-0.1, -0.05) is 6.07 Å². The number of fused-ring (bicyclic) bond motifs is 1. The molecule has 1 N–H and O–H groups in total. The van der Waals surface area contributed by atoms with E-state index in [0.717, 1.165) is 9.69 Å². The number of rotatable bonds is 7. The van der Waals surface area contributed by atoms with Crippen LogP contribution in [0.2, 0.25) is 0 Å². The SMILES string of the molecule is COc1ccc2cc(C(=O)OC(C)C(=O)Nc3cc(S(=O)(=O)N(C)C)ccc3C)c(C)nc2c1. The largest absolute Gasteiger partial charge is 0.497 e. The quantitative estimate of drug-likeness (QED) is 0.511. The average Bonchev–Trinajstić information content (AvgIpc) is 2.79. The van der Waals surface area contributed by atoms with Crippen LogP contribution in [0, 0.1) is 13.8 Å². The summed E-state index contributed by atoms with van der Waals surface area (Å²) in [4.78, 5) is 30.0. The van der Waals surface area contributed by atoms with E-state index >= 15 is 0 Å². The van der Waals surface area contributed by atoms with Gasteiger partial charge in [0.05, 0.1) is 28.8 Å². The van der Waals surface area contributed by atoms with Crippen molar-refractivity contribution in [3.05, 3.63) is 59.3 Å². The zero-order valence-corrected chi connectivity index (χ0v) is 20.7. The minimum atomic E-state index is -3.67. The van der Waals surface area contributed by atoms with Crippen LogP contribution in [0.5, 0.6) is 5.75 Å². The molecule has 0 radical (unpaired) electrons. The predicted octanol–water partition coefficient (Wildman–Crippen LogP) is 3.29. The van der Waals surface area contributed by atoms with Crippen LogP contribution in [0.25, 0.3) is 10.9 Å². The Labute approximate surface area is 198 Å². The van der Waals surface area contributed by atoms with E-state index in [2.05, 4.69) is 10.3 Å². The standard InChI is InChI=1S/C24H27N3O6S/c1-14-7-10-19(34(30,31)27(4)5)13-21(14)26-23(28)16(3)33-24(29)20-11-17-8-9-18(32-6)12-22(17)25-15(20)2/h7-13,16H,1-6H3,(H,26,28). The molecule has 0 aliphatic carbocycles. The van der Waals surface area contributed by atoms with Crippen LogP contribution in [0.3, 0.4) is 0 Å². The number of aromatic nitrogens is 1. The number of carbonyl (C=O) groups is 2. The molecule has 1 heterocycles. The van der Waals surface area contributed by atoms with Gasteiger partial charge in [-0.05, 0) is 56.7 Å². The second kappa shape index (κ2) is 9.78. The summed E-state index contributed by atoms with van der Waals surface area (Å²) in [5, 5.41) is 3.37. The second-order valence-electron chi connectivity index (χ2n) is 7.98. The fourth-order valence-corrected chi connectivity index (χ4v) is 4.12. The smallest absolute Gasteiger partial charge is 0.340 e. The van der Waals surface area contributed by atoms with Gasteiger partial charge in [0, 0.05) is 31.2 Å². The van der Waals surface area contributed by atoms with Gasteiger partial charge < -0.3 is 14.8 Å². The lowest BCUT2D eigenvalue weighted by Crippen LogP contribution is -2.30. The summed E-state index contributed by atoms with van der Waals surface area (Å²) in [5.41, 5.74) is 2.34. The first-order valence-corrected chi connectivity index (χ1v) is 11.9. The highest BCUT2D eigenvalue weighted by molar-refractivity contribution is 7.89. The number of amides is 1. The van der Waals surface area contributed by atoms with Crippen molar-refractivity contribution in [1.82, 2.24) is 9.29 Å². The molecule has 0 bridgehead atoms. The molecule has 0 aliphatic heterocycles. The lowest BCUT2D eigenvalue weighted by Gasteiger charge is -2.17. The minimum absolute atomic E-state index is 0.0394. The van der Waals surface area contributed by atoms with Crippen molar-refractivity contribution < 1.29 is 27.5 Å². The maximum Gasteiger partial charge on any atom is 0.340 e. The number of anilines is 1. The number of aryl methyl sites for hydroxylation is 2. The van der Waals surface area contributed by atoms with E-state index in [0.29, 0.717) is 28.2 Å². The van der Waals surface area contributed by atoms with Gasteiger partial charge in [0.15, 0.2) is 6.10 Å². The first kappa shape index (κ1) is 25.1. The number of esters is 1. The Morgan fingerprint density at radius 2 is 1.76 bits per heavy atom. The Balaban J connectivity index is 1.77. The van der Waals surface area contributed by atoms with Gasteiger partial charge in [0.25, 0.3) is 5.91 Å². The number of benzene rings is 2. The molecule has 1 unspecified atom stereocenters. The minimum Gasteiger partial charge on any atom is -0.497 e. The molecule has 9 nitrogen and oxygen atoms in total. The number of hydrogen-bond donors (Lipinski definition) is 1. The molecule has 2 aromatic carbocycles. The summed E-state index contributed by atoms with van der Waals surface area (Å²) >= 11 is 0. The van der Waals surface area contributed by atoms with Crippen LogP contribution in [-0.4, -0.2) is 56.9 Å². The van der Waals surface area contributed by atoms with Crippen LogP contribution in [0.1, 0.15) is 28.5 Å². The number of pyridine rings is 1. The third-order valence-electron chi connectivity index (χ3n) is 5.33. The summed E-state index contributed by atoms with van der Waals surface area (Å²) in [6.07, 6.45) is -1.13. The van der Waals surface area contributed by atoms with Gasteiger partial charge in [-0.25, -0.2) is 17.5 Å². The van der Waals surface area contributed by atoms with E-state index in [9.17, 15) is 18.0 Å². The Morgan fingerprint density at radius 1 is 1.06 bits per heavy atom. The van der Waals surface area contributed by atoms with Crippen molar-refractivity contribution in [2.75, 3.05) is 26.5 Å². The van der Waals surface area contributed by atoms with Crippen molar-refractivity contribution in [2.45, 2.75) is 31.8 Å². The molecule has 0 fully saturated rings. The van der Waals surface area contributed by atoms with Gasteiger partial charge in [-0.3, -0.25) is 9.78 Å². The Kier molecular flexibility index (Phi) is 7.23. The third-order valence-corrected chi connectivity index (χ3v) is 7.14. The monoisotopic (exact) mass is 485 g/mol. The number of nitrogens with zero attached hydrogens (tertiary/aromatic N) is 2. The first-order chi connectivity index (χ1) is 15.9. The number of sulfonamides is 1. The Bertz CT molecular complexity index is 1370. The lowest BCUT2D eigenvalue weighted by molar-refractivity contribution is -0.123. The van der Waals surface area contributed by atoms with Crippen LogP contribution in [0.15, 0.2) is 47.4 Å². The predicted molar refractivity (Wildman–Crippen MR) is 129 cm³/mol. The van der Waals surface area contributed by atoms with Gasteiger partial charge in [-0.15, -0.1) is 0 Å². The van der Waals surface area contributed by atoms with Gasteiger partial charge >= 0.3 is 5.97 Å². The summed E-state index contributed by atoms with van der Waals surface area (Å²) in [7, 11) is 0.739. The molecule has 0 spiro atoms. The fraction of sp³-hybridized carbons (Fsp3) is 0.292. The van der Waals surface area contributed by atoms with Crippen molar-refractivity contribution in [3.8, 4) is 5.75 Å². The number of nitrogens with one attached hydrogen (secondary N) is 1. The summed E-state index contributed by atoms with van der Waals surface area (Å²) in [5.74, 6) is -0.629. The highest BCUT2D eigenvalue weighted by Crippen LogP contribution is 2.24. The number of methoxy groups -OCH3 is 1. The molecule has 1 aromatic heterocycles. The normalized spacial score (nSPS) is 12.4. The van der Waals surface area contributed by atoms with E-state index in [1.807, 2.05) is 0 Å². The first-order valence-electron chi connectivity index (χ1n) is 10.4. The average molecular weight is 486 g/mol. The molecular weight excluding hydrogens is 458 g/mol. The summed E-state index contributed by atoms with van der Waals surface area (Å²) in [6, 6.07) is 11.4. The van der Waals surface area contributed by atoms with Crippen molar-refractivity contribution >= 4 is 38.5 Å². The highest BCUT2D eigenvalue weighted by atomic mass is 32.2. The van der Waals surface area contributed by atoms with Gasteiger partial charge in [0.2, 0.25) is 10.0 Å². The number of hydrogen-bond acceptors (Lipinski definition) is 7. The molecule has 1 atom stereocenters. The zero-order chi connectivity index (χ0) is 25.2. The van der Waals surface area contributed by atoms with Crippen LogP contribution in [0.4, 0.5) is 5.69 Å². The molecule has 0 aliphatic rings. The van der Waals surface area contributed by atoms with Crippen LogP contribution >= 0.6 is 0 Å². The maximum atomic E-state index is 12.8. The van der Waals surface area contributed by atoms with Gasteiger partial charge in [-0.2, -0.15) is 0 Å². The summed E-state index contributed by atoms with van der Waals surface area (Å²) < 4.78 is 36.5. The van der Waals surface area contributed by atoms with Crippen molar-refractivity contribution in [1.29, 1.82) is 0 Å². The Hall–Kier alpha value is -3.50. The molecule has 0 saturated carbocycles. The topological polar surface area (TPSA) is 115 Å². The summed E-state index contributed by atoms with van der Waals surface area (Å²) in [6.45, 7) is 4.86. The molecule has 34 heavy (non-hydrogen) atoms. The number of carbonyl (C=O) groups excluding carboxylic acids is 2. The Morgan fingerprint density at radius 3 is 2.41 bits per heavy atom.